The Kier molecular flexibility index (Phi) is 61.7. The van der Waals surface area contributed by atoms with Crippen molar-refractivity contribution in [2.75, 3.05) is 0 Å². The van der Waals surface area contributed by atoms with Crippen LogP contribution in [0.4, 0.5) is 0 Å². The van der Waals surface area contributed by atoms with E-state index in [-0.39, 0.29) is 36.8 Å². The summed E-state index contributed by atoms with van der Waals surface area (Å²) >= 11 is 0. The fourth-order valence-corrected chi connectivity index (χ4v) is 0. The Morgan fingerprint density at radius 1 is 1.60 bits per heavy atom. The summed E-state index contributed by atoms with van der Waals surface area (Å²) in [5, 5.41) is 0. The molecule has 0 fully saturated rings. The predicted octanol–water partition coefficient (Wildman–Crippen LogP) is -0.466. The van der Waals surface area contributed by atoms with Crippen LogP contribution in [-0.2, 0) is 24.0 Å². The fourth-order valence-electron chi connectivity index (χ4n) is 0. The normalized spacial score (nSPS) is 4.20. The molecule has 0 bridgehead atoms. The van der Waals surface area contributed by atoms with Gasteiger partial charge in [0.1, 0.15) is 0 Å². The average Bonchev–Trinajstić information content (AvgIpc) is 0.918. The third-order valence-electron chi connectivity index (χ3n) is 0. The molecule has 2 radical (unpaired) electrons. The summed E-state index contributed by atoms with van der Waals surface area (Å²) in [4.78, 5) is 6.99. The number of hydrogen-bond acceptors (Lipinski definition) is 1. The largest absolute Gasteiger partial charge is 0.324 e. The summed E-state index contributed by atoms with van der Waals surface area (Å²) < 4.78 is 8.46. The molecule has 0 rings (SSSR count). The second-order valence-electron chi connectivity index (χ2n) is 0.0816. The minimum absolute atomic E-state index is 0. The van der Waals surface area contributed by atoms with Crippen molar-refractivity contribution in [1.29, 1.82) is 0 Å². The van der Waals surface area contributed by atoms with Gasteiger partial charge in [-0.1, -0.05) is 0 Å². The van der Waals surface area contributed by atoms with Crippen molar-refractivity contribution in [2.24, 2.45) is 0 Å². The van der Waals surface area contributed by atoms with Crippen LogP contribution in [-0.4, -0.2) is 22.3 Å². The van der Waals surface area contributed by atoms with Crippen LogP contribution in [0.5, 0.6) is 0 Å². The molecule has 1 N–H and O–H groups in total. The molecule has 0 aromatic heterocycles. The first-order valence-corrected chi connectivity index (χ1v) is 1.15. The molecule has 0 aliphatic carbocycles. The molecule has 0 spiro atoms. The second kappa shape index (κ2) is 18.9. The zero-order valence-corrected chi connectivity index (χ0v) is 7.99. The van der Waals surface area contributed by atoms with Crippen LogP contribution in [0.1, 0.15) is 0 Å². The fraction of sp³-hybridized carbons (Fsp3) is 0. The van der Waals surface area contributed by atoms with E-state index in [9.17, 15) is 0 Å². The first kappa shape index (κ1) is 16.4. The van der Waals surface area contributed by atoms with Gasteiger partial charge in [0.05, 0.1) is 17.4 Å². The Morgan fingerprint density at radius 2 is 1.60 bits per heavy atom. The van der Waals surface area contributed by atoms with Gasteiger partial charge in [-0.25, -0.2) is 4.57 Å². The summed E-state index contributed by atoms with van der Waals surface area (Å²) in [6.07, 6.45) is 0. The van der Waals surface area contributed by atoms with E-state index in [2.05, 4.69) is 0 Å². The summed E-state index contributed by atoms with van der Waals surface area (Å²) in [6.45, 7) is 0. The molecule has 5 heteroatoms. The minimum atomic E-state index is -0.833. The molecule has 0 atom stereocenters. The first-order chi connectivity index (χ1) is 1.41. The first-order valence-electron chi connectivity index (χ1n) is 0.383. The van der Waals surface area contributed by atoms with E-state index in [1.807, 2.05) is 0 Å². The summed E-state index contributed by atoms with van der Waals surface area (Å²) in [6, 6.07) is 0. The smallest absolute Gasteiger partial charge is 0.310 e. The van der Waals surface area contributed by atoms with E-state index in [0.29, 0.717) is 0 Å². The molecule has 24 valence electrons. The monoisotopic (exact) mass is 156 g/mol. The minimum Gasteiger partial charge on any atom is -0.310 e. The van der Waals surface area contributed by atoms with Crippen LogP contribution in [0.15, 0.2) is 0 Å². The van der Waals surface area contributed by atoms with Gasteiger partial charge in [-0.05, 0) is 0 Å². The van der Waals surface area contributed by atoms with Gasteiger partial charge in [0, 0.05) is 19.5 Å². The molecule has 0 saturated carbocycles. The predicted molar refractivity (Wildman–Crippen MR) is 17.0 cm³/mol. The van der Waals surface area contributed by atoms with Crippen molar-refractivity contribution in [2.45, 2.75) is 0 Å². The Labute approximate surface area is 55.1 Å². The van der Waals surface area contributed by atoms with E-state index < -0.39 is 8.69 Å². The zero-order chi connectivity index (χ0) is 2.71. The maximum atomic E-state index is 8.46. The molecule has 2 nitrogen and oxygen atoms in total. The molecule has 0 aromatic rings. The van der Waals surface area contributed by atoms with Crippen LogP contribution in [0.25, 0.3) is 0 Å². The van der Waals surface area contributed by atoms with Crippen LogP contribution < -0.4 is 0 Å². The Bertz CT molecular complexity index is 17.1. The van der Waals surface area contributed by atoms with Gasteiger partial charge in [-0.3, -0.25) is 0 Å². The van der Waals surface area contributed by atoms with Gasteiger partial charge in [-0.15, -0.1) is 0 Å². The molecule has 0 saturated heterocycles. The quantitative estimate of drug-likeness (QED) is 0.381. The molecule has 0 unspecified atom stereocenters. The maximum absolute atomic E-state index is 8.46. The summed E-state index contributed by atoms with van der Waals surface area (Å²) in [7, 11) is -0.833. The molecule has 0 aliphatic rings. The van der Waals surface area contributed by atoms with Gasteiger partial charge in [0.15, 0.2) is 0 Å². The van der Waals surface area contributed by atoms with E-state index in [0.717, 1.165) is 0 Å². The third-order valence-corrected chi connectivity index (χ3v) is 0. The zero-order valence-electron chi connectivity index (χ0n) is 2.72. The molecular weight excluding hydrogens is 155 g/mol. The van der Waals surface area contributed by atoms with Gasteiger partial charge >= 0.3 is 8.69 Å². The standard InChI is InChI=1S/Al.HO2P.Zn.H/c;1-3-2;;/h;(H,1,2);;. The van der Waals surface area contributed by atoms with Crippen molar-refractivity contribution >= 4 is 26.0 Å². The molecular formula is H2AlO2PZn. The van der Waals surface area contributed by atoms with Crippen molar-refractivity contribution in [3.8, 4) is 0 Å². The Balaban J connectivity index is -0.0000000200. The summed E-state index contributed by atoms with van der Waals surface area (Å²) in [5.74, 6) is 0. The molecule has 5 heavy (non-hydrogen) atoms. The topological polar surface area (TPSA) is 37.3 Å². The van der Waals surface area contributed by atoms with Gasteiger partial charge < -0.3 is 4.89 Å². The van der Waals surface area contributed by atoms with Crippen LogP contribution in [0.2, 0.25) is 0 Å². The van der Waals surface area contributed by atoms with Crippen LogP contribution >= 0.6 is 8.69 Å². The molecule has 0 amide bonds. The van der Waals surface area contributed by atoms with Crippen molar-refractivity contribution in [3.05, 3.63) is 0 Å². The number of hydrogen-bond donors (Lipinski definition) is 1. The van der Waals surface area contributed by atoms with Gasteiger partial charge in [0.25, 0.3) is 0 Å². The van der Waals surface area contributed by atoms with Crippen LogP contribution in [0.3, 0.4) is 0 Å². The average molecular weight is 157 g/mol. The van der Waals surface area contributed by atoms with E-state index in [1.165, 1.54) is 0 Å². The van der Waals surface area contributed by atoms with Crippen LogP contribution in [0, 0.1) is 0 Å². The SMILES string of the molecule is O=PO.[AlH].[Zn]. The van der Waals surface area contributed by atoms with Crippen molar-refractivity contribution in [3.63, 3.8) is 0 Å². The maximum Gasteiger partial charge on any atom is 0.324 e. The summed E-state index contributed by atoms with van der Waals surface area (Å²) in [5.41, 5.74) is 0. The van der Waals surface area contributed by atoms with Crippen molar-refractivity contribution < 1.29 is 28.9 Å². The van der Waals surface area contributed by atoms with Gasteiger partial charge in [-0.2, -0.15) is 0 Å². The van der Waals surface area contributed by atoms with E-state index in [1.54, 1.807) is 0 Å². The van der Waals surface area contributed by atoms with E-state index in [4.69, 9.17) is 9.46 Å². The third kappa shape index (κ3) is 36.5. The molecule has 0 aromatic carbocycles. The van der Waals surface area contributed by atoms with Gasteiger partial charge in [0.2, 0.25) is 0 Å². The Morgan fingerprint density at radius 3 is 1.60 bits per heavy atom. The van der Waals surface area contributed by atoms with Crippen molar-refractivity contribution in [1.82, 2.24) is 0 Å². The second-order valence-corrected chi connectivity index (χ2v) is 0.245. The molecule has 0 heterocycles. The van der Waals surface area contributed by atoms with E-state index >= 15 is 0 Å². The Hall–Kier alpha value is 1.22. The molecule has 0 aliphatic heterocycles. The number of rotatable bonds is 0.